The van der Waals surface area contributed by atoms with E-state index in [4.69, 9.17) is 14.6 Å². The lowest BCUT2D eigenvalue weighted by atomic mass is 10.2. The van der Waals surface area contributed by atoms with Crippen molar-refractivity contribution < 1.29 is 14.6 Å². The van der Waals surface area contributed by atoms with Crippen LogP contribution >= 0.6 is 0 Å². The summed E-state index contributed by atoms with van der Waals surface area (Å²) in [4.78, 5) is 0. The van der Waals surface area contributed by atoms with Gasteiger partial charge in [0, 0.05) is 20.1 Å². The molecule has 0 amide bonds. The van der Waals surface area contributed by atoms with Gasteiger partial charge in [0.2, 0.25) is 0 Å². The van der Waals surface area contributed by atoms with Crippen molar-refractivity contribution in [2.45, 2.75) is 13.2 Å². The van der Waals surface area contributed by atoms with E-state index >= 15 is 0 Å². The fourth-order valence-electron chi connectivity index (χ4n) is 0.647. The Morgan fingerprint density at radius 2 is 1.78 bits per heavy atom. The van der Waals surface area contributed by atoms with Gasteiger partial charge in [-0.05, 0) is 0 Å². The molecule has 3 nitrogen and oxygen atoms in total. The third-order valence-corrected chi connectivity index (χ3v) is 1.22. The number of hydrogen-bond acceptors (Lipinski definition) is 3. The van der Waals surface area contributed by atoms with Crippen molar-refractivity contribution in [1.29, 1.82) is 0 Å². The fourth-order valence-corrected chi connectivity index (χ4v) is 0.647. The Morgan fingerprint density at radius 3 is 1.89 bits per heavy atom. The van der Waals surface area contributed by atoms with Gasteiger partial charge in [0.05, 0.1) is 6.61 Å². The SMILES string of the molecule is COC(OC)C(C)CO. The minimum Gasteiger partial charge on any atom is -0.396 e. The summed E-state index contributed by atoms with van der Waals surface area (Å²) in [6.45, 7) is 1.95. The van der Waals surface area contributed by atoms with Crippen molar-refractivity contribution in [3.63, 3.8) is 0 Å². The van der Waals surface area contributed by atoms with Crippen LogP contribution in [-0.2, 0) is 9.47 Å². The molecule has 0 rings (SSSR count). The molecule has 3 heteroatoms. The van der Waals surface area contributed by atoms with Gasteiger partial charge in [-0.1, -0.05) is 6.92 Å². The quantitative estimate of drug-likeness (QED) is 0.559. The van der Waals surface area contributed by atoms with Crippen LogP contribution in [0.25, 0.3) is 0 Å². The second kappa shape index (κ2) is 4.73. The second-order valence-corrected chi connectivity index (χ2v) is 2.00. The van der Waals surface area contributed by atoms with Gasteiger partial charge < -0.3 is 14.6 Å². The monoisotopic (exact) mass is 134 g/mol. The number of ether oxygens (including phenoxy) is 2. The highest BCUT2D eigenvalue weighted by Gasteiger charge is 2.13. The second-order valence-electron chi connectivity index (χ2n) is 2.00. The van der Waals surface area contributed by atoms with Gasteiger partial charge in [0.25, 0.3) is 0 Å². The summed E-state index contributed by atoms with van der Waals surface area (Å²) in [5.74, 6) is 0.0417. The largest absolute Gasteiger partial charge is 0.396 e. The smallest absolute Gasteiger partial charge is 0.161 e. The number of methoxy groups -OCH3 is 2. The summed E-state index contributed by atoms with van der Waals surface area (Å²) in [7, 11) is 3.11. The average molecular weight is 134 g/mol. The topological polar surface area (TPSA) is 38.7 Å². The van der Waals surface area contributed by atoms with Crippen LogP contribution in [0.5, 0.6) is 0 Å². The summed E-state index contributed by atoms with van der Waals surface area (Å²) in [5.41, 5.74) is 0. The molecule has 9 heavy (non-hydrogen) atoms. The number of rotatable bonds is 4. The van der Waals surface area contributed by atoms with E-state index in [2.05, 4.69) is 0 Å². The van der Waals surface area contributed by atoms with Gasteiger partial charge in [-0.15, -0.1) is 0 Å². The van der Waals surface area contributed by atoms with Crippen LogP contribution in [0.1, 0.15) is 6.92 Å². The molecule has 0 radical (unpaired) electrons. The maximum atomic E-state index is 8.61. The maximum absolute atomic E-state index is 8.61. The van der Waals surface area contributed by atoms with Gasteiger partial charge in [-0.2, -0.15) is 0 Å². The number of aliphatic hydroxyl groups excluding tert-OH is 1. The van der Waals surface area contributed by atoms with Crippen LogP contribution < -0.4 is 0 Å². The lowest BCUT2D eigenvalue weighted by Crippen LogP contribution is -2.24. The molecule has 1 atom stereocenters. The summed E-state index contributed by atoms with van der Waals surface area (Å²) in [5, 5.41) is 8.61. The molecule has 0 saturated heterocycles. The first kappa shape index (κ1) is 8.88. The molecular formula is C6H14O3. The molecule has 0 bridgehead atoms. The third kappa shape index (κ3) is 2.79. The Hall–Kier alpha value is -0.120. The predicted molar refractivity (Wildman–Crippen MR) is 34.1 cm³/mol. The Morgan fingerprint density at radius 1 is 1.33 bits per heavy atom. The minimum atomic E-state index is -0.282. The van der Waals surface area contributed by atoms with E-state index in [1.54, 1.807) is 14.2 Å². The van der Waals surface area contributed by atoms with E-state index in [9.17, 15) is 0 Å². The van der Waals surface area contributed by atoms with E-state index in [1.165, 1.54) is 0 Å². The summed E-state index contributed by atoms with van der Waals surface area (Å²) in [6.07, 6.45) is -0.282. The van der Waals surface area contributed by atoms with Gasteiger partial charge in [0.1, 0.15) is 0 Å². The van der Waals surface area contributed by atoms with Crippen molar-refractivity contribution in [3.8, 4) is 0 Å². The van der Waals surface area contributed by atoms with Crippen LogP contribution in [0.15, 0.2) is 0 Å². The van der Waals surface area contributed by atoms with Crippen LogP contribution in [0.4, 0.5) is 0 Å². The zero-order valence-electron chi connectivity index (χ0n) is 6.13. The highest BCUT2D eigenvalue weighted by atomic mass is 16.7. The Balaban J connectivity index is 3.50. The Labute approximate surface area is 55.6 Å². The first-order valence-corrected chi connectivity index (χ1v) is 2.92. The predicted octanol–water partition coefficient (Wildman–Crippen LogP) is 0.234. The Kier molecular flexibility index (Phi) is 4.67. The zero-order valence-corrected chi connectivity index (χ0v) is 6.13. The maximum Gasteiger partial charge on any atom is 0.161 e. The molecular weight excluding hydrogens is 120 g/mol. The van der Waals surface area contributed by atoms with Gasteiger partial charge in [-0.25, -0.2) is 0 Å². The molecule has 0 aliphatic heterocycles. The number of aliphatic hydroxyl groups is 1. The summed E-state index contributed by atoms with van der Waals surface area (Å²) < 4.78 is 9.74. The first-order chi connectivity index (χ1) is 4.26. The molecule has 0 fully saturated rings. The standard InChI is InChI=1S/C6H14O3/c1-5(4-7)6(8-2)9-3/h5-7H,4H2,1-3H3. The highest BCUT2D eigenvalue weighted by Crippen LogP contribution is 2.04. The van der Waals surface area contributed by atoms with E-state index in [1.807, 2.05) is 6.92 Å². The average Bonchev–Trinajstić information content (AvgIpc) is 1.90. The van der Waals surface area contributed by atoms with Gasteiger partial charge >= 0.3 is 0 Å². The van der Waals surface area contributed by atoms with Crippen molar-refractivity contribution in [2.75, 3.05) is 20.8 Å². The molecule has 1 N–H and O–H groups in total. The van der Waals surface area contributed by atoms with E-state index < -0.39 is 0 Å². The third-order valence-electron chi connectivity index (χ3n) is 1.22. The lowest BCUT2D eigenvalue weighted by molar-refractivity contribution is -0.141. The fraction of sp³-hybridized carbons (Fsp3) is 1.00. The molecule has 0 saturated carbocycles. The number of hydrogen-bond donors (Lipinski definition) is 1. The molecule has 0 aromatic rings. The Bertz CT molecular complexity index is 61.3. The zero-order chi connectivity index (χ0) is 7.28. The van der Waals surface area contributed by atoms with Crippen molar-refractivity contribution in [1.82, 2.24) is 0 Å². The van der Waals surface area contributed by atoms with E-state index in [0.29, 0.717) is 0 Å². The highest BCUT2D eigenvalue weighted by molar-refractivity contribution is 4.52. The molecule has 0 aliphatic carbocycles. The lowest BCUT2D eigenvalue weighted by Gasteiger charge is -2.18. The molecule has 56 valence electrons. The first-order valence-electron chi connectivity index (χ1n) is 2.92. The van der Waals surface area contributed by atoms with Gasteiger partial charge in [-0.3, -0.25) is 0 Å². The van der Waals surface area contributed by atoms with Gasteiger partial charge in [0.15, 0.2) is 6.29 Å². The summed E-state index contributed by atoms with van der Waals surface area (Å²) >= 11 is 0. The van der Waals surface area contributed by atoms with Crippen molar-refractivity contribution in [2.24, 2.45) is 5.92 Å². The molecule has 0 heterocycles. The normalized spacial score (nSPS) is 14.3. The minimum absolute atomic E-state index is 0.0417. The molecule has 1 unspecified atom stereocenters. The van der Waals surface area contributed by atoms with Crippen molar-refractivity contribution in [3.05, 3.63) is 0 Å². The molecule has 0 aromatic heterocycles. The molecule has 0 spiro atoms. The molecule has 0 aromatic carbocycles. The van der Waals surface area contributed by atoms with E-state index in [-0.39, 0.29) is 18.8 Å². The summed E-state index contributed by atoms with van der Waals surface area (Å²) in [6, 6.07) is 0. The molecule has 0 aliphatic rings. The van der Waals surface area contributed by atoms with Crippen LogP contribution in [-0.4, -0.2) is 32.2 Å². The van der Waals surface area contributed by atoms with Crippen LogP contribution in [0.3, 0.4) is 0 Å². The van der Waals surface area contributed by atoms with Crippen molar-refractivity contribution >= 4 is 0 Å². The van der Waals surface area contributed by atoms with Crippen LogP contribution in [0.2, 0.25) is 0 Å². The van der Waals surface area contributed by atoms with Crippen LogP contribution in [0, 0.1) is 5.92 Å². The van der Waals surface area contributed by atoms with E-state index in [0.717, 1.165) is 0 Å².